The van der Waals surface area contributed by atoms with Crippen LogP contribution >= 0.6 is 34.9 Å². The van der Waals surface area contributed by atoms with Crippen LogP contribution in [0.2, 0.25) is 0 Å². The minimum atomic E-state index is -1.05. The molecule has 2 unspecified atom stereocenters. The summed E-state index contributed by atoms with van der Waals surface area (Å²) >= 11 is 4.17. The molecule has 1 aromatic rings. The molecule has 2 aliphatic heterocycles. The van der Waals surface area contributed by atoms with Crippen molar-refractivity contribution < 1.29 is 19.5 Å². The number of β-lactam (4-membered cyclic amide) rings is 1. The number of urea groups is 1. The van der Waals surface area contributed by atoms with Gasteiger partial charge in [0.25, 0.3) is 0 Å². The second-order valence-corrected chi connectivity index (χ2v) is 10.4. The number of carboxylic acids is 1. The molecule has 3 heterocycles. The fraction of sp³-hybridized carbons (Fsp3) is 0.667. The Morgan fingerprint density at radius 2 is 2.19 bits per heavy atom. The monoisotopic (exact) mass is 431 g/mol. The second-order valence-electron chi connectivity index (χ2n) is 6.88. The smallest absolute Gasteiger partial charge is 0.315 e. The molecule has 2 fully saturated rings. The van der Waals surface area contributed by atoms with Gasteiger partial charge in [-0.2, -0.15) is 0 Å². The summed E-state index contributed by atoms with van der Waals surface area (Å²) in [6.07, 6.45) is 0. The molecule has 0 spiro atoms. The number of rotatable bonds is 6. The van der Waals surface area contributed by atoms with Crippen molar-refractivity contribution in [1.82, 2.24) is 25.7 Å². The summed E-state index contributed by atoms with van der Waals surface area (Å²) in [5.74, 6) is -0.491. The number of thioether (sulfide) groups is 2. The summed E-state index contributed by atoms with van der Waals surface area (Å²) in [4.78, 5) is 37.9. The van der Waals surface area contributed by atoms with E-state index in [9.17, 15) is 19.5 Å². The molecular formula is C15H21N5O4S3. The third kappa shape index (κ3) is 4.16. The number of fused-ring (bicyclic) bond motifs is 1. The van der Waals surface area contributed by atoms with E-state index in [0.29, 0.717) is 11.5 Å². The first-order chi connectivity index (χ1) is 12.7. The molecule has 0 aliphatic carbocycles. The molecule has 148 valence electrons. The largest absolute Gasteiger partial charge is 0.481 e. The van der Waals surface area contributed by atoms with E-state index in [4.69, 9.17) is 0 Å². The van der Waals surface area contributed by atoms with Gasteiger partial charge >= 0.3 is 12.0 Å². The molecule has 9 nitrogen and oxygen atoms in total. The maximum atomic E-state index is 12.5. The van der Waals surface area contributed by atoms with Crippen LogP contribution in [0.15, 0.2) is 4.34 Å². The summed E-state index contributed by atoms with van der Waals surface area (Å²) in [5.41, 5.74) is -1.05. The van der Waals surface area contributed by atoms with E-state index in [1.165, 1.54) is 34.9 Å². The topological polar surface area (TPSA) is 125 Å². The number of hydrogen-bond acceptors (Lipinski definition) is 8. The van der Waals surface area contributed by atoms with Crippen molar-refractivity contribution in [1.29, 1.82) is 0 Å². The maximum Gasteiger partial charge on any atom is 0.315 e. The number of carbonyl (C=O) groups is 3. The van der Waals surface area contributed by atoms with Gasteiger partial charge in [0.2, 0.25) is 5.91 Å². The lowest BCUT2D eigenvalue weighted by Crippen LogP contribution is -2.74. The van der Waals surface area contributed by atoms with E-state index < -0.39 is 17.4 Å². The standard InChI is InChI=1S/C15H21N5O4S3/c1-7(2)16-13(24)17-9-10(21)20-4-15(12(22)23,5-25-11(9)20)6-26-14-19-18-8(3)27-14/h7,9,11H,4-6H2,1-3H3,(H,22,23)(H2,16,17,24)/t9?,11-,15?/m1/s1. The van der Waals surface area contributed by atoms with Gasteiger partial charge in [-0.15, -0.1) is 22.0 Å². The van der Waals surface area contributed by atoms with E-state index in [1.807, 2.05) is 20.8 Å². The number of aryl methyl sites for hydroxylation is 1. The summed E-state index contributed by atoms with van der Waals surface area (Å²) in [7, 11) is 0. The average Bonchev–Trinajstić information content (AvgIpc) is 3.02. The quantitative estimate of drug-likeness (QED) is 0.450. The van der Waals surface area contributed by atoms with E-state index in [1.54, 1.807) is 4.90 Å². The molecule has 3 atom stereocenters. The number of hydrogen-bond donors (Lipinski definition) is 3. The predicted molar refractivity (Wildman–Crippen MR) is 104 cm³/mol. The summed E-state index contributed by atoms with van der Waals surface area (Å²) in [6.45, 7) is 5.65. The molecule has 27 heavy (non-hydrogen) atoms. The zero-order valence-corrected chi connectivity index (χ0v) is 17.5. The second kappa shape index (κ2) is 7.84. The van der Waals surface area contributed by atoms with Crippen molar-refractivity contribution >= 4 is 52.8 Å². The molecule has 0 radical (unpaired) electrons. The number of carbonyl (C=O) groups excluding carboxylic acids is 2. The van der Waals surface area contributed by atoms with Gasteiger partial charge in [-0.25, -0.2) is 4.79 Å². The van der Waals surface area contributed by atoms with Gasteiger partial charge < -0.3 is 20.6 Å². The Morgan fingerprint density at radius 1 is 1.44 bits per heavy atom. The third-order valence-corrected chi connectivity index (χ3v) is 8.13. The van der Waals surface area contributed by atoms with Crippen molar-refractivity contribution in [3.05, 3.63) is 5.01 Å². The Bertz CT molecular complexity index is 758. The van der Waals surface area contributed by atoms with E-state index in [-0.39, 0.29) is 29.9 Å². The molecule has 3 amide bonds. The van der Waals surface area contributed by atoms with Crippen molar-refractivity contribution in [2.24, 2.45) is 5.41 Å². The third-order valence-electron chi connectivity index (χ3n) is 4.28. The Labute approximate surface area is 169 Å². The Balaban J connectivity index is 1.63. The molecule has 0 aromatic carbocycles. The first-order valence-electron chi connectivity index (χ1n) is 8.37. The molecule has 2 aliphatic rings. The minimum Gasteiger partial charge on any atom is -0.481 e. The number of carboxylic acid groups (broad SMARTS) is 1. The van der Waals surface area contributed by atoms with Gasteiger partial charge in [-0.1, -0.05) is 23.1 Å². The van der Waals surface area contributed by atoms with Gasteiger partial charge in [0.15, 0.2) is 4.34 Å². The molecule has 0 bridgehead atoms. The number of nitrogens with one attached hydrogen (secondary N) is 2. The normalized spacial score (nSPS) is 27.1. The van der Waals surface area contributed by atoms with E-state index in [2.05, 4.69) is 20.8 Å². The Kier molecular flexibility index (Phi) is 5.87. The number of aromatic nitrogens is 2. The highest BCUT2D eigenvalue weighted by Crippen LogP contribution is 2.44. The lowest BCUT2D eigenvalue weighted by Gasteiger charge is -2.53. The molecule has 0 saturated carbocycles. The van der Waals surface area contributed by atoms with Gasteiger partial charge in [0.05, 0.1) is 0 Å². The van der Waals surface area contributed by atoms with Crippen LogP contribution in [-0.2, 0) is 9.59 Å². The van der Waals surface area contributed by atoms with Gasteiger partial charge in [-0.05, 0) is 20.8 Å². The molecule has 12 heteroatoms. The van der Waals surface area contributed by atoms with Crippen LogP contribution in [0.1, 0.15) is 18.9 Å². The molecule has 3 N–H and O–H groups in total. The summed E-state index contributed by atoms with van der Waals surface area (Å²) in [5, 5.41) is 23.8. The molecule has 1 aromatic heterocycles. The van der Waals surface area contributed by atoms with Crippen LogP contribution in [0.3, 0.4) is 0 Å². The fourth-order valence-corrected chi connectivity index (χ4v) is 6.56. The van der Waals surface area contributed by atoms with Crippen molar-refractivity contribution in [3.8, 4) is 0 Å². The highest BCUT2D eigenvalue weighted by molar-refractivity contribution is 8.01. The predicted octanol–water partition coefficient (Wildman–Crippen LogP) is 1.00. The van der Waals surface area contributed by atoms with Crippen LogP contribution in [0.4, 0.5) is 4.79 Å². The SMILES string of the molecule is Cc1nnc(SCC2(C(=O)O)CS[C@@H]3C(NC(=O)NC(C)C)C(=O)N3C2)s1. The van der Waals surface area contributed by atoms with Crippen LogP contribution in [0, 0.1) is 12.3 Å². The zero-order valence-electron chi connectivity index (χ0n) is 15.1. The summed E-state index contributed by atoms with van der Waals surface area (Å²) in [6, 6.07) is -1.03. The van der Waals surface area contributed by atoms with Crippen molar-refractivity contribution in [3.63, 3.8) is 0 Å². The van der Waals surface area contributed by atoms with Gasteiger partial charge in [0, 0.05) is 24.1 Å². The Hall–Kier alpha value is -1.53. The maximum absolute atomic E-state index is 12.5. The highest BCUT2D eigenvalue weighted by Gasteiger charge is 2.57. The minimum absolute atomic E-state index is 0.0315. The first kappa shape index (κ1) is 20.2. The fourth-order valence-electron chi connectivity index (χ4n) is 2.89. The van der Waals surface area contributed by atoms with Gasteiger partial charge in [0.1, 0.15) is 21.8 Å². The van der Waals surface area contributed by atoms with Gasteiger partial charge in [-0.3, -0.25) is 9.59 Å². The molecule has 2 saturated heterocycles. The van der Waals surface area contributed by atoms with Crippen LogP contribution in [-0.4, -0.2) is 73.6 Å². The first-order valence-corrected chi connectivity index (χ1v) is 11.2. The lowest BCUT2D eigenvalue weighted by molar-refractivity contribution is -0.156. The van der Waals surface area contributed by atoms with Crippen molar-refractivity contribution in [2.75, 3.05) is 18.1 Å². The average molecular weight is 432 g/mol. The Morgan fingerprint density at radius 3 is 2.78 bits per heavy atom. The lowest BCUT2D eigenvalue weighted by atomic mass is 9.89. The number of aliphatic carboxylic acids is 1. The van der Waals surface area contributed by atoms with E-state index >= 15 is 0 Å². The van der Waals surface area contributed by atoms with Crippen LogP contribution in [0.5, 0.6) is 0 Å². The van der Waals surface area contributed by atoms with Crippen LogP contribution in [0.25, 0.3) is 0 Å². The zero-order chi connectivity index (χ0) is 19.8. The van der Waals surface area contributed by atoms with Crippen molar-refractivity contribution in [2.45, 2.75) is 42.6 Å². The van der Waals surface area contributed by atoms with Crippen LogP contribution < -0.4 is 10.6 Å². The number of nitrogens with zero attached hydrogens (tertiary/aromatic N) is 3. The van der Waals surface area contributed by atoms with E-state index in [0.717, 1.165) is 9.35 Å². The summed E-state index contributed by atoms with van der Waals surface area (Å²) < 4.78 is 0.722. The highest BCUT2D eigenvalue weighted by atomic mass is 32.2. The molecule has 3 rings (SSSR count). The number of amides is 3. The molecular weight excluding hydrogens is 410 g/mol.